The van der Waals surface area contributed by atoms with Gasteiger partial charge in [-0.2, -0.15) is 0 Å². The van der Waals surface area contributed by atoms with E-state index in [-0.39, 0.29) is 25.0 Å². The van der Waals surface area contributed by atoms with Gasteiger partial charge in [-0.15, -0.1) is 0 Å². The lowest BCUT2D eigenvalue weighted by Gasteiger charge is -2.32. The summed E-state index contributed by atoms with van der Waals surface area (Å²) in [5.41, 5.74) is 0.0341. The highest BCUT2D eigenvalue weighted by Gasteiger charge is 2.28. The Kier molecular flexibility index (Phi) is 5.84. The van der Waals surface area contributed by atoms with Gasteiger partial charge < -0.3 is 10.2 Å². The summed E-state index contributed by atoms with van der Waals surface area (Å²) in [5.74, 6) is -5.37. The van der Waals surface area contributed by atoms with Gasteiger partial charge in [-0.1, -0.05) is 15.9 Å². The van der Waals surface area contributed by atoms with E-state index in [0.29, 0.717) is 18.4 Å². The maximum atomic E-state index is 13.8. The van der Waals surface area contributed by atoms with Crippen LogP contribution in [0.2, 0.25) is 0 Å². The monoisotopic (exact) mass is 440 g/mol. The molecule has 0 bridgehead atoms. The third kappa shape index (κ3) is 4.32. The fourth-order valence-electron chi connectivity index (χ4n) is 2.96. The molecule has 2 aromatic carbocycles. The summed E-state index contributed by atoms with van der Waals surface area (Å²) in [6.07, 6.45) is 0.971. The van der Waals surface area contributed by atoms with Crippen LogP contribution in [0.15, 0.2) is 40.9 Å². The van der Waals surface area contributed by atoms with Crippen molar-refractivity contribution in [1.29, 1.82) is 0 Å². The number of nitrogens with zero attached hydrogens (tertiary/aromatic N) is 1. The van der Waals surface area contributed by atoms with Crippen molar-refractivity contribution < 1.29 is 22.8 Å². The van der Waals surface area contributed by atoms with Gasteiger partial charge in [0.15, 0.2) is 17.5 Å². The minimum absolute atomic E-state index is 0.125. The molecule has 0 spiro atoms. The Bertz CT molecular complexity index is 866. The minimum atomic E-state index is -1.66. The van der Waals surface area contributed by atoms with Crippen LogP contribution in [0.5, 0.6) is 0 Å². The van der Waals surface area contributed by atoms with E-state index in [1.807, 2.05) is 0 Å². The van der Waals surface area contributed by atoms with Gasteiger partial charge in [0.2, 0.25) is 0 Å². The SMILES string of the molecule is O=C(NC1CCN(C(=O)c2ccc(F)c(F)c2F)CC1)c1ccc(Br)cc1. The fourth-order valence-corrected chi connectivity index (χ4v) is 3.22. The smallest absolute Gasteiger partial charge is 0.256 e. The molecule has 0 atom stereocenters. The minimum Gasteiger partial charge on any atom is -0.349 e. The Morgan fingerprint density at radius 1 is 0.963 bits per heavy atom. The standard InChI is InChI=1S/C19H16BrF3N2O2/c20-12-3-1-11(2-4-12)18(26)24-13-7-9-25(10-8-13)19(27)14-5-6-15(21)17(23)16(14)22/h1-6,13H,7-10H2,(H,24,26). The van der Waals surface area contributed by atoms with Crippen LogP contribution >= 0.6 is 15.9 Å². The summed E-state index contributed by atoms with van der Waals surface area (Å²) in [7, 11) is 0. The molecule has 27 heavy (non-hydrogen) atoms. The summed E-state index contributed by atoms with van der Waals surface area (Å²) in [6.45, 7) is 0.561. The number of benzene rings is 2. The second-order valence-electron chi connectivity index (χ2n) is 6.27. The summed E-state index contributed by atoms with van der Waals surface area (Å²) in [6, 6.07) is 8.49. The van der Waals surface area contributed by atoms with E-state index >= 15 is 0 Å². The summed E-state index contributed by atoms with van der Waals surface area (Å²) in [4.78, 5) is 26.0. The van der Waals surface area contributed by atoms with Gasteiger partial charge >= 0.3 is 0 Å². The number of carbonyl (C=O) groups is 2. The molecule has 4 nitrogen and oxygen atoms in total. The summed E-state index contributed by atoms with van der Waals surface area (Å²) in [5, 5.41) is 2.91. The van der Waals surface area contributed by atoms with Crippen LogP contribution in [0.3, 0.4) is 0 Å². The molecule has 1 fully saturated rings. The van der Waals surface area contributed by atoms with Gasteiger partial charge in [0.25, 0.3) is 11.8 Å². The number of carbonyl (C=O) groups excluding carboxylic acids is 2. The molecular formula is C19H16BrF3N2O2. The number of hydrogen-bond donors (Lipinski definition) is 1. The Labute approximate surface area is 162 Å². The average molecular weight is 441 g/mol. The Morgan fingerprint density at radius 2 is 1.59 bits per heavy atom. The van der Waals surface area contributed by atoms with Crippen LogP contribution in [0.25, 0.3) is 0 Å². The molecule has 1 aliphatic heterocycles. The molecule has 2 aromatic rings. The molecule has 3 rings (SSSR count). The quantitative estimate of drug-likeness (QED) is 0.735. The van der Waals surface area contributed by atoms with Gasteiger partial charge in [-0.25, -0.2) is 13.2 Å². The molecular weight excluding hydrogens is 425 g/mol. The van der Waals surface area contributed by atoms with Crippen LogP contribution in [0.1, 0.15) is 33.6 Å². The van der Waals surface area contributed by atoms with E-state index in [0.717, 1.165) is 16.6 Å². The van der Waals surface area contributed by atoms with Crippen molar-refractivity contribution in [3.63, 3.8) is 0 Å². The van der Waals surface area contributed by atoms with E-state index in [9.17, 15) is 22.8 Å². The van der Waals surface area contributed by atoms with Crippen LogP contribution in [-0.2, 0) is 0 Å². The first-order valence-corrected chi connectivity index (χ1v) is 9.15. The van der Waals surface area contributed by atoms with E-state index in [2.05, 4.69) is 21.2 Å². The molecule has 142 valence electrons. The van der Waals surface area contributed by atoms with Crippen molar-refractivity contribution in [2.45, 2.75) is 18.9 Å². The number of halogens is 4. The lowest BCUT2D eigenvalue weighted by atomic mass is 10.0. The van der Waals surface area contributed by atoms with Crippen molar-refractivity contribution in [2.75, 3.05) is 13.1 Å². The van der Waals surface area contributed by atoms with Crippen molar-refractivity contribution in [3.8, 4) is 0 Å². The lowest BCUT2D eigenvalue weighted by molar-refractivity contribution is 0.0692. The van der Waals surface area contributed by atoms with E-state index in [1.165, 1.54) is 4.90 Å². The number of likely N-dealkylation sites (tertiary alicyclic amines) is 1. The van der Waals surface area contributed by atoms with E-state index < -0.39 is 28.9 Å². The number of piperidine rings is 1. The van der Waals surface area contributed by atoms with Crippen LogP contribution in [-0.4, -0.2) is 35.8 Å². The van der Waals surface area contributed by atoms with Crippen molar-refractivity contribution >= 4 is 27.7 Å². The molecule has 8 heteroatoms. The maximum absolute atomic E-state index is 13.8. The second kappa shape index (κ2) is 8.12. The number of rotatable bonds is 3. The molecule has 0 aliphatic carbocycles. The zero-order valence-corrected chi connectivity index (χ0v) is 15.7. The molecule has 0 saturated carbocycles. The Morgan fingerprint density at radius 3 is 2.22 bits per heavy atom. The topological polar surface area (TPSA) is 49.4 Å². The molecule has 0 unspecified atom stereocenters. The van der Waals surface area contributed by atoms with Crippen LogP contribution < -0.4 is 5.32 Å². The highest BCUT2D eigenvalue weighted by molar-refractivity contribution is 9.10. The zero-order chi connectivity index (χ0) is 19.6. The Balaban J connectivity index is 1.58. The van der Waals surface area contributed by atoms with Gasteiger partial charge in [0.05, 0.1) is 5.56 Å². The third-order valence-electron chi connectivity index (χ3n) is 4.49. The number of nitrogens with one attached hydrogen (secondary N) is 1. The predicted molar refractivity (Wildman–Crippen MR) is 96.8 cm³/mol. The molecule has 2 amide bonds. The molecule has 0 radical (unpaired) electrons. The number of hydrogen-bond acceptors (Lipinski definition) is 2. The molecule has 1 saturated heterocycles. The van der Waals surface area contributed by atoms with Gasteiger partial charge in [-0.05, 0) is 49.2 Å². The van der Waals surface area contributed by atoms with Gasteiger partial charge in [0.1, 0.15) is 0 Å². The van der Waals surface area contributed by atoms with Crippen LogP contribution in [0, 0.1) is 17.5 Å². The molecule has 1 heterocycles. The van der Waals surface area contributed by atoms with Gasteiger partial charge in [-0.3, -0.25) is 9.59 Å². The normalized spacial score (nSPS) is 14.9. The van der Waals surface area contributed by atoms with Crippen molar-refractivity contribution in [2.24, 2.45) is 0 Å². The second-order valence-corrected chi connectivity index (χ2v) is 7.19. The first-order valence-electron chi connectivity index (χ1n) is 8.36. The van der Waals surface area contributed by atoms with Gasteiger partial charge in [0, 0.05) is 29.2 Å². The zero-order valence-electron chi connectivity index (χ0n) is 14.1. The third-order valence-corrected chi connectivity index (χ3v) is 5.02. The highest BCUT2D eigenvalue weighted by atomic mass is 79.9. The van der Waals surface area contributed by atoms with Crippen molar-refractivity contribution in [3.05, 3.63) is 69.4 Å². The lowest BCUT2D eigenvalue weighted by Crippen LogP contribution is -2.46. The fraction of sp³-hybridized carbons (Fsp3) is 0.263. The molecule has 1 N–H and O–H groups in total. The first-order chi connectivity index (χ1) is 12.9. The Hall–Kier alpha value is -2.35. The predicted octanol–water partition coefficient (Wildman–Crippen LogP) is 3.90. The maximum Gasteiger partial charge on any atom is 0.256 e. The molecule has 0 aromatic heterocycles. The summed E-state index contributed by atoms with van der Waals surface area (Å²) >= 11 is 3.31. The largest absolute Gasteiger partial charge is 0.349 e. The summed E-state index contributed by atoms with van der Waals surface area (Å²) < 4.78 is 41.0. The molecule has 1 aliphatic rings. The first kappa shape index (κ1) is 19.4. The average Bonchev–Trinajstić information content (AvgIpc) is 2.67. The van der Waals surface area contributed by atoms with Crippen molar-refractivity contribution in [1.82, 2.24) is 10.2 Å². The van der Waals surface area contributed by atoms with E-state index in [1.54, 1.807) is 24.3 Å². The van der Waals surface area contributed by atoms with Crippen LogP contribution in [0.4, 0.5) is 13.2 Å². The van der Waals surface area contributed by atoms with E-state index in [4.69, 9.17) is 0 Å². The number of amides is 2. The highest BCUT2D eigenvalue weighted by Crippen LogP contribution is 2.20.